The van der Waals surface area contributed by atoms with Gasteiger partial charge in [0.15, 0.2) is 0 Å². The number of pyridine rings is 1. The van der Waals surface area contributed by atoms with Crippen LogP contribution in [0.25, 0.3) is 23.4 Å². The molecule has 0 aliphatic carbocycles. The number of aromatic nitrogens is 2. The number of hydrogen-bond acceptors (Lipinski definition) is 2. The molecular formula is C23H16Cl2F3N3O. The van der Waals surface area contributed by atoms with E-state index < -0.39 is 23.7 Å². The molecule has 0 aliphatic rings. The number of amides is 1. The number of rotatable bonds is 4. The van der Waals surface area contributed by atoms with Gasteiger partial charge in [0.1, 0.15) is 11.6 Å². The zero-order valence-electron chi connectivity index (χ0n) is 16.6. The molecule has 0 aliphatic heterocycles. The average molecular weight is 478 g/mol. The molecule has 164 valence electrons. The maximum atomic E-state index is 12.6. The van der Waals surface area contributed by atoms with Gasteiger partial charge >= 0.3 is 6.18 Å². The SMILES string of the molecule is C#CC(/C=c1/[nH]c(-c2c(Cl)cccc2Cl)c/c1=C/C)C(=O)Nc1ccc(C(F)(F)F)nc1. The summed E-state index contributed by atoms with van der Waals surface area (Å²) in [6.07, 6.45) is 5.25. The summed E-state index contributed by atoms with van der Waals surface area (Å²) in [6.45, 7) is 1.82. The Hall–Kier alpha value is -3.21. The minimum absolute atomic E-state index is 0.0916. The third-order valence-corrected chi connectivity index (χ3v) is 5.17. The molecule has 0 saturated carbocycles. The summed E-state index contributed by atoms with van der Waals surface area (Å²) in [7, 11) is 0. The van der Waals surface area contributed by atoms with Crippen LogP contribution in [0.15, 0.2) is 42.6 Å². The van der Waals surface area contributed by atoms with E-state index in [1.54, 1.807) is 18.2 Å². The third kappa shape index (κ3) is 5.16. The van der Waals surface area contributed by atoms with E-state index in [9.17, 15) is 18.0 Å². The number of halogens is 5. The molecule has 0 fully saturated rings. The number of nitrogens with zero attached hydrogens (tertiary/aromatic N) is 1. The second-order valence-corrected chi connectivity index (χ2v) is 7.48. The summed E-state index contributed by atoms with van der Waals surface area (Å²) >= 11 is 12.6. The van der Waals surface area contributed by atoms with Gasteiger partial charge in [-0.1, -0.05) is 41.3 Å². The molecule has 1 atom stereocenters. The molecule has 0 bridgehead atoms. The number of aromatic amines is 1. The average Bonchev–Trinajstić information content (AvgIpc) is 3.14. The minimum Gasteiger partial charge on any atom is -0.355 e. The molecule has 0 spiro atoms. The van der Waals surface area contributed by atoms with Crippen LogP contribution in [-0.4, -0.2) is 15.9 Å². The normalized spacial score (nSPS) is 13.7. The number of terminal acetylenes is 1. The minimum atomic E-state index is -4.57. The van der Waals surface area contributed by atoms with Crippen LogP contribution in [-0.2, 0) is 11.0 Å². The molecule has 9 heteroatoms. The zero-order chi connectivity index (χ0) is 23.5. The predicted octanol–water partition coefficient (Wildman–Crippen LogP) is 4.87. The van der Waals surface area contributed by atoms with Gasteiger partial charge in [0.25, 0.3) is 0 Å². The molecule has 1 unspecified atom stereocenters. The summed E-state index contributed by atoms with van der Waals surface area (Å²) < 4.78 is 37.9. The van der Waals surface area contributed by atoms with Crippen molar-refractivity contribution >= 4 is 46.9 Å². The van der Waals surface area contributed by atoms with Crippen molar-refractivity contribution in [3.63, 3.8) is 0 Å². The van der Waals surface area contributed by atoms with Gasteiger partial charge < -0.3 is 10.3 Å². The van der Waals surface area contributed by atoms with Crippen molar-refractivity contribution in [3.05, 3.63) is 68.9 Å². The number of benzene rings is 1. The van der Waals surface area contributed by atoms with Gasteiger partial charge in [-0.3, -0.25) is 4.79 Å². The highest BCUT2D eigenvalue weighted by atomic mass is 35.5. The summed E-state index contributed by atoms with van der Waals surface area (Å²) in [5, 5.41) is 4.72. The number of alkyl halides is 3. The molecule has 0 radical (unpaired) electrons. The Bertz CT molecular complexity index is 1290. The largest absolute Gasteiger partial charge is 0.433 e. The second kappa shape index (κ2) is 9.51. The molecule has 2 N–H and O–H groups in total. The predicted molar refractivity (Wildman–Crippen MR) is 120 cm³/mol. The first-order valence-corrected chi connectivity index (χ1v) is 10.0. The molecule has 2 aromatic heterocycles. The molecular weight excluding hydrogens is 462 g/mol. The molecule has 2 heterocycles. The van der Waals surface area contributed by atoms with Gasteiger partial charge in [0, 0.05) is 16.6 Å². The van der Waals surface area contributed by atoms with Crippen molar-refractivity contribution in [3.8, 4) is 23.6 Å². The van der Waals surface area contributed by atoms with Gasteiger partial charge in [0.2, 0.25) is 5.91 Å². The molecule has 4 nitrogen and oxygen atoms in total. The van der Waals surface area contributed by atoms with Crippen molar-refractivity contribution in [2.24, 2.45) is 5.92 Å². The summed E-state index contributed by atoms with van der Waals surface area (Å²) in [5.41, 5.74) is 0.281. The number of carbonyl (C=O) groups is 1. The molecule has 1 aromatic carbocycles. The number of H-pyrrole nitrogens is 1. The lowest BCUT2D eigenvalue weighted by atomic mass is 10.1. The van der Waals surface area contributed by atoms with Crippen LogP contribution in [0.1, 0.15) is 12.6 Å². The number of anilines is 1. The van der Waals surface area contributed by atoms with Gasteiger partial charge in [-0.05, 0) is 48.6 Å². The van der Waals surface area contributed by atoms with Crippen LogP contribution in [0.3, 0.4) is 0 Å². The lowest BCUT2D eigenvalue weighted by Crippen LogP contribution is -2.27. The lowest BCUT2D eigenvalue weighted by molar-refractivity contribution is -0.141. The van der Waals surface area contributed by atoms with E-state index in [1.165, 1.54) is 6.08 Å². The van der Waals surface area contributed by atoms with Crippen LogP contribution in [0.2, 0.25) is 10.0 Å². The monoisotopic (exact) mass is 477 g/mol. The summed E-state index contributed by atoms with van der Waals surface area (Å²) in [4.78, 5) is 19.1. The summed E-state index contributed by atoms with van der Waals surface area (Å²) in [6, 6.07) is 8.85. The van der Waals surface area contributed by atoms with Crippen LogP contribution < -0.4 is 15.9 Å². The second-order valence-electron chi connectivity index (χ2n) is 6.67. The smallest absolute Gasteiger partial charge is 0.355 e. The Morgan fingerprint density at radius 1 is 1.25 bits per heavy atom. The van der Waals surface area contributed by atoms with Crippen molar-refractivity contribution in [1.82, 2.24) is 9.97 Å². The van der Waals surface area contributed by atoms with Crippen molar-refractivity contribution < 1.29 is 18.0 Å². The fourth-order valence-corrected chi connectivity index (χ4v) is 3.58. The zero-order valence-corrected chi connectivity index (χ0v) is 18.1. The maximum absolute atomic E-state index is 12.6. The lowest BCUT2D eigenvalue weighted by Gasteiger charge is -2.09. The molecule has 3 aromatic rings. The van der Waals surface area contributed by atoms with Crippen LogP contribution in [0.4, 0.5) is 18.9 Å². The fourth-order valence-electron chi connectivity index (χ4n) is 2.97. The van der Waals surface area contributed by atoms with Crippen LogP contribution >= 0.6 is 23.2 Å². The Labute approximate surface area is 191 Å². The van der Waals surface area contributed by atoms with Crippen LogP contribution in [0, 0.1) is 18.3 Å². The van der Waals surface area contributed by atoms with Gasteiger partial charge in [-0.15, -0.1) is 6.42 Å². The Morgan fingerprint density at radius 3 is 2.47 bits per heavy atom. The molecule has 1 amide bonds. The number of carbonyl (C=O) groups excluding carboxylic acids is 1. The molecule has 32 heavy (non-hydrogen) atoms. The van der Waals surface area contributed by atoms with Gasteiger partial charge in [0.05, 0.1) is 21.9 Å². The van der Waals surface area contributed by atoms with E-state index in [-0.39, 0.29) is 5.69 Å². The van der Waals surface area contributed by atoms with E-state index in [1.807, 2.05) is 19.1 Å². The third-order valence-electron chi connectivity index (χ3n) is 4.54. The van der Waals surface area contributed by atoms with E-state index in [2.05, 4.69) is 21.2 Å². The van der Waals surface area contributed by atoms with Gasteiger partial charge in [-0.25, -0.2) is 4.98 Å². The quantitative estimate of drug-likeness (QED) is 0.526. The molecule has 0 saturated heterocycles. The highest BCUT2D eigenvalue weighted by Gasteiger charge is 2.32. The number of hydrogen-bond donors (Lipinski definition) is 2. The van der Waals surface area contributed by atoms with Crippen molar-refractivity contribution in [2.75, 3.05) is 5.32 Å². The highest BCUT2D eigenvalue weighted by molar-refractivity contribution is 6.39. The van der Waals surface area contributed by atoms with Crippen molar-refractivity contribution in [1.29, 1.82) is 0 Å². The topological polar surface area (TPSA) is 57.8 Å². The van der Waals surface area contributed by atoms with Gasteiger partial charge in [-0.2, -0.15) is 13.2 Å². The number of nitrogens with one attached hydrogen (secondary N) is 2. The highest BCUT2D eigenvalue weighted by Crippen LogP contribution is 2.32. The van der Waals surface area contributed by atoms with Crippen molar-refractivity contribution in [2.45, 2.75) is 13.1 Å². The fraction of sp³-hybridized carbons (Fsp3) is 0.130. The first-order valence-electron chi connectivity index (χ1n) is 9.26. The Balaban J connectivity index is 1.92. The Morgan fingerprint density at radius 2 is 1.94 bits per heavy atom. The first-order chi connectivity index (χ1) is 15.1. The van der Waals surface area contributed by atoms with E-state index >= 15 is 0 Å². The van der Waals surface area contributed by atoms with Crippen LogP contribution in [0.5, 0.6) is 0 Å². The van der Waals surface area contributed by atoms with E-state index in [0.29, 0.717) is 26.7 Å². The van der Waals surface area contributed by atoms with E-state index in [4.69, 9.17) is 29.6 Å². The molecule has 3 rings (SSSR count). The standard InChI is InChI=1S/C23H16Cl2F3N3O/c1-3-13-10-19(21-16(24)6-5-7-17(21)25)31-18(13)11-14(4-2)22(32)30-15-8-9-20(29-12-15)23(26,27)28/h2-3,5-12,14,31H,1H3,(H,30,32)/b13-3-,18-11+. The van der Waals surface area contributed by atoms with E-state index in [0.717, 1.165) is 23.5 Å². The summed E-state index contributed by atoms with van der Waals surface area (Å²) in [5.74, 6) is 0.771. The Kier molecular flexibility index (Phi) is 6.97. The first kappa shape index (κ1) is 23.5. The maximum Gasteiger partial charge on any atom is 0.433 e.